The number of carbonyl (C=O) groups excluding carboxylic acids is 1. The lowest BCUT2D eigenvalue weighted by Gasteiger charge is -2.26. The normalized spacial score (nSPS) is 11.1. The van der Waals surface area contributed by atoms with E-state index >= 15 is 0 Å². The Kier molecular flexibility index (Phi) is 6.26. The van der Waals surface area contributed by atoms with Crippen LogP contribution in [0.15, 0.2) is 22.9 Å². The highest BCUT2D eigenvalue weighted by Crippen LogP contribution is 2.22. The summed E-state index contributed by atoms with van der Waals surface area (Å²) in [5.74, 6) is 0.660. The molecule has 0 fully saturated rings. The molecule has 0 radical (unpaired) electrons. The molecule has 0 aliphatic rings. The highest BCUT2D eigenvalue weighted by molar-refractivity contribution is 9.10. The molecule has 0 spiro atoms. The van der Waals surface area contributed by atoms with Gasteiger partial charge in [0.05, 0.1) is 17.2 Å². The largest absolute Gasteiger partial charge is 0.489 e. The van der Waals surface area contributed by atoms with Crippen molar-refractivity contribution in [3.8, 4) is 5.75 Å². The molecule has 112 valence electrons. The number of carbonyl (C=O) groups is 1. The Balaban J connectivity index is 2.46. The molecule has 1 rings (SSSR count). The Bertz CT molecular complexity index is 446. The summed E-state index contributed by atoms with van der Waals surface area (Å²) in [6.07, 6.45) is 2.98. The first-order valence-corrected chi connectivity index (χ1v) is 7.33. The van der Waals surface area contributed by atoms with E-state index in [1.54, 1.807) is 23.4 Å². The zero-order valence-corrected chi connectivity index (χ0v) is 13.9. The number of aromatic nitrogens is 1. The molecule has 0 aliphatic carbocycles. The maximum atomic E-state index is 11.9. The summed E-state index contributed by atoms with van der Waals surface area (Å²) in [6, 6.07) is 1.81. The van der Waals surface area contributed by atoms with Crippen molar-refractivity contribution in [2.45, 2.75) is 33.3 Å². The summed E-state index contributed by atoms with van der Waals surface area (Å²) < 4.78 is 11.8. The van der Waals surface area contributed by atoms with Crippen LogP contribution in [0.3, 0.4) is 0 Å². The summed E-state index contributed by atoms with van der Waals surface area (Å²) in [5.41, 5.74) is -0.488. The molecule has 1 amide bonds. The quantitative estimate of drug-likeness (QED) is 0.820. The van der Waals surface area contributed by atoms with E-state index in [4.69, 9.17) is 9.47 Å². The highest BCUT2D eigenvalue weighted by Gasteiger charge is 2.20. The standard InChI is InChI=1S/C14H21BrN2O3/c1-5-17(13(18)20-14(2,3)4)8-9-19-12-10-16-7-6-11(12)15/h6-7,10H,5,8-9H2,1-4H3. The number of hydrogen-bond acceptors (Lipinski definition) is 4. The number of ether oxygens (including phenoxy) is 2. The van der Waals surface area contributed by atoms with Crippen molar-refractivity contribution < 1.29 is 14.3 Å². The molecule has 6 heteroatoms. The summed E-state index contributed by atoms with van der Waals surface area (Å²) in [6.45, 7) is 8.88. The van der Waals surface area contributed by atoms with Crippen LogP contribution in [0, 0.1) is 0 Å². The van der Waals surface area contributed by atoms with E-state index < -0.39 is 5.60 Å². The van der Waals surface area contributed by atoms with E-state index in [-0.39, 0.29) is 6.09 Å². The minimum atomic E-state index is -0.488. The topological polar surface area (TPSA) is 51.7 Å². The minimum absolute atomic E-state index is 0.325. The summed E-state index contributed by atoms with van der Waals surface area (Å²) in [4.78, 5) is 17.5. The molecule has 5 nitrogen and oxygen atoms in total. The van der Waals surface area contributed by atoms with Crippen molar-refractivity contribution in [3.05, 3.63) is 22.9 Å². The lowest BCUT2D eigenvalue weighted by atomic mass is 10.2. The Labute approximate surface area is 128 Å². The lowest BCUT2D eigenvalue weighted by molar-refractivity contribution is 0.0237. The minimum Gasteiger partial charge on any atom is -0.489 e. The van der Waals surface area contributed by atoms with Crippen LogP contribution in [0.25, 0.3) is 0 Å². The Morgan fingerprint density at radius 2 is 2.15 bits per heavy atom. The van der Waals surface area contributed by atoms with Gasteiger partial charge in [-0.25, -0.2) is 4.79 Å². The van der Waals surface area contributed by atoms with Gasteiger partial charge in [0.25, 0.3) is 0 Å². The third kappa shape index (κ3) is 5.77. The van der Waals surface area contributed by atoms with E-state index in [1.165, 1.54) is 0 Å². The van der Waals surface area contributed by atoms with Gasteiger partial charge in [-0.15, -0.1) is 0 Å². The van der Waals surface area contributed by atoms with Crippen LogP contribution < -0.4 is 4.74 Å². The molecular formula is C14H21BrN2O3. The Morgan fingerprint density at radius 1 is 1.45 bits per heavy atom. The second kappa shape index (κ2) is 7.47. The predicted molar refractivity (Wildman–Crippen MR) is 80.9 cm³/mol. The Hall–Kier alpha value is -1.30. The van der Waals surface area contributed by atoms with Crippen molar-refractivity contribution in [1.29, 1.82) is 0 Å². The summed E-state index contributed by atoms with van der Waals surface area (Å²) >= 11 is 3.38. The monoisotopic (exact) mass is 344 g/mol. The second-order valence-electron chi connectivity index (χ2n) is 5.21. The average molecular weight is 345 g/mol. The predicted octanol–water partition coefficient (Wildman–Crippen LogP) is 3.48. The SMILES string of the molecule is CCN(CCOc1cnccc1Br)C(=O)OC(C)(C)C. The fraction of sp³-hybridized carbons (Fsp3) is 0.571. The van der Waals surface area contributed by atoms with Gasteiger partial charge in [0.2, 0.25) is 0 Å². The van der Waals surface area contributed by atoms with E-state index in [2.05, 4.69) is 20.9 Å². The van der Waals surface area contributed by atoms with Crippen LogP contribution in [0.5, 0.6) is 5.75 Å². The molecule has 0 aromatic carbocycles. The zero-order valence-electron chi connectivity index (χ0n) is 12.4. The van der Waals surface area contributed by atoms with Crippen LogP contribution in [0.2, 0.25) is 0 Å². The summed E-state index contributed by atoms with van der Waals surface area (Å²) in [5, 5.41) is 0. The maximum absolute atomic E-state index is 11.9. The molecule has 20 heavy (non-hydrogen) atoms. The van der Waals surface area contributed by atoms with E-state index in [0.29, 0.717) is 25.4 Å². The van der Waals surface area contributed by atoms with Gasteiger partial charge in [-0.05, 0) is 49.7 Å². The van der Waals surface area contributed by atoms with Crippen LogP contribution in [-0.2, 0) is 4.74 Å². The molecule has 1 aromatic rings. The first kappa shape index (κ1) is 16.8. The van der Waals surface area contributed by atoms with Crippen molar-refractivity contribution in [2.24, 2.45) is 0 Å². The van der Waals surface area contributed by atoms with Gasteiger partial charge in [0.1, 0.15) is 12.2 Å². The molecular weight excluding hydrogens is 324 g/mol. The molecule has 0 atom stereocenters. The molecule has 0 saturated carbocycles. The van der Waals surface area contributed by atoms with Crippen molar-refractivity contribution in [2.75, 3.05) is 19.7 Å². The molecule has 1 aromatic heterocycles. The lowest BCUT2D eigenvalue weighted by Crippen LogP contribution is -2.38. The third-order valence-electron chi connectivity index (χ3n) is 2.39. The van der Waals surface area contributed by atoms with Gasteiger partial charge in [-0.3, -0.25) is 4.98 Å². The van der Waals surface area contributed by atoms with Crippen molar-refractivity contribution in [1.82, 2.24) is 9.88 Å². The van der Waals surface area contributed by atoms with Crippen LogP contribution in [0.4, 0.5) is 4.79 Å². The van der Waals surface area contributed by atoms with Crippen molar-refractivity contribution in [3.63, 3.8) is 0 Å². The van der Waals surface area contributed by atoms with Gasteiger partial charge in [-0.2, -0.15) is 0 Å². The number of pyridine rings is 1. The third-order valence-corrected chi connectivity index (χ3v) is 3.04. The van der Waals surface area contributed by atoms with Gasteiger partial charge in [0, 0.05) is 12.7 Å². The summed E-state index contributed by atoms with van der Waals surface area (Å²) in [7, 11) is 0. The van der Waals surface area contributed by atoms with E-state index in [1.807, 2.05) is 27.7 Å². The van der Waals surface area contributed by atoms with Crippen LogP contribution in [0.1, 0.15) is 27.7 Å². The number of amides is 1. The van der Waals surface area contributed by atoms with Gasteiger partial charge in [0.15, 0.2) is 5.75 Å². The number of hydrogen-bond donors (Lipinski definition) is 0. The Morgan fingerprint density at radius 3 is 2.70 bits per heavy atom. The van der Waals surface area contributed by atoms with E-state index in [0.717, 1.165) is 4.47 Å². The number of likely N-dealkylation sites (N-methyl/N-ethyl adjacent to an activating group) is 1. The molecule has 1 heterocycles. The van der Waals surface area contributed by atoms with E-state index in [9.17, 15) is 4.79 Å². The van der Waals surface area contributed by atoms with Gasteiger partial charge < -0.3 is 14.4 Å². The van der Waals surface area contributed by atoms with Gasteiger partial charge >= 0.3 is 6.09 Å². The smallest absolute Gasteiger partial charge is 0.410 e. The van der Waals surface area contributed by atoms with Crippen LogP contribution >= 0.6 is 15.9 Å². The first-order chi connectivity index (χ1) is 9.33. The average Bonchev–Trinajstić information content (AvgIpc) is 2.34. The number of rotatable bonds is 5. The molecule has 0 aliphatic heterocycles. The zero-order chi connectivity index (χ0) is 15.2. The first-order valence-electron chi connectivity index (χ1n) is 6.53. The molecule has 0 bridgehead atoms. The second-order valence-corrected chi connectivity index (χ2v) is 6.07. The maximum Gasteiger partial charge on any atom is 0.410 e. The van der Waals surface area contributed by atoms with Crippen molar-refractivity contribution >= 4 is 22.0 Å². The molecule has 0 N–H and O–H groups in total. The molecule has 0 unspecified atom stereocenters. The fourth-order valence-electron chi connectivity index (χ4n) is 1.44. The van der Waals surface area contributed by atoms with Crippen LogP contribution in [-0.4, -0.2) is 41.3 Å². The number of nitrogens with zero attached hydrogens (tertiary/aromatic N) is 2. The van der Waals surface area contributed by atoms with Gasteiger partial charge in [-0.1, -0.05) is 0 Å². The highest BCUT2D eigenvalue weighted by atomic mass is 79.9. The number of halogens is 1. The molecule has 0 saturated heterocycles. The fourth-order valence-corrected chi connectivity index (χ4v) is 1.78.